The second-order valence-electron chi connectivity index (χ2n) is 9.43. The molecule has 3 heterocycles. The van der Waals surface area contributed by atoms with Gasteiger partial charge in [0.2, 0.25) is 18.1 Å². The highest BCUT2D eigenvalue weighted by molar-refractivity contribution is 6.00. The summed E-state index contributed by atoms with van der Waals surface area (Å²) in [4.78, 5) is 53.7. The van der Waals surface area contributed by atoms with Crippen molar-refractivity contribution < 1.29 is 28.6 Å². The number of carbonyl (C=O) groups excluding carboxylic acids is 3. The average molecular weight is 500 g/mol. The maximum absolute atomic E-state index is 13.3. The van der Waals surface area contributed by atoms with Crippen molar-refractivity contribution in [2.75, 3.05) is 26.5 Å². The first-order valence-corrected chi connectivity index (χ1v) is 12.5. The molecule has 10 heteroatoms. The highest BCUT2D eigenvalue weighted by atomic mass is 16.7. The maximum Gasteiger partial charge on any atom is 0.309 e. The molecule has 0 bridgehead atoms. The van der Waals surface area contributed by atoms with Crippen LogP contribution in [0.3, 0.4) is 0 Å². The molecule has 1 fully saturated rings. The van der Waals surface area contributed by atoms with Crippen LogP contribution in [0.25, 0.3) is 10.9 Å². The van der Waals surface area contributed by atoms with Crippen LogP contribution in [0.4, 0.5) is 0 Å². The fraction of sp³-hybridized carbons (Fsp3) is 0.538. The van der Waals surface area contributed by atoms with Crippen molar-refractivity contribution in [2.24, 2.45) is 11.8 Å². The lowest BCUT2D eigenvalue weighted by atomic mass is 9.95. The van der Waals surface area contributed by atoms with E-state index in [-0.39, 0.29) is 36.1 Å². The van der Waals surface area contributed by atoms with Crippen LogP contribution in [0.1, 0.15) is 50.9 Å². The summed E-state index contributed by atoms with van der Waals surface area (Å²) >= 11 is 0. The van der Waals surface area contributed by atoms with Gasteiger partial charge in [-0.2, -0.15) is 0 Å². The molecule has 1 aromatic carbocycles. The molecule has 4 rings (SSSR count). The van der Waals surface area contributed by atoms with Crippen LogP contribution in [0.2, 0.25) is 0 Å². The van der Waals surface area contributed by atoms with E-state index in [1.807, 2.05) is 20.8 Å². The SMILES string of the molecule is CCOC(=O)C1CCN(C(=O)[C@H](NC(=O)c2cn(CC)c3cc4c(cc3c2=O)OCO4)C(C)C)CC1. The van der Waals surface area contributed by atoms with Crippen molar-refractivity contribution in [3.8, 4) is 11.5 Å². The third-order valence-corrected chi connectivity index (χ3v) is 6.81. The molecule has 0 spiro atoms. The Kier molecular flexibility index (Phi) is 7.51. The van der Waals surface area contributed by atoms with Gasteiger partial charge in [0.25, 0.3) is 5.91 Å². The number of likely N-dealkylation sites (tertiary alicyclic amines) is 1. The molecular formula is C26H33N3O7. The van der Waals surface area contributed by atoms with Gasteiger partial charge in [0, 0.05) is 31.9 Å². The van der Waals surface area contributed by atoms with Crippen LogP contribution in [-0.2, 0) is 20.9 Å². The highest BCUT2D eigenvalue weighted by Crippen LogP contribution is 2.35. The predicted molar refractivity (Wildman–Crippen MR) is 132 cm³/mol. The molecule has 10 nitrogen and oxygen atoms in total. The first-order valence-electron chi connectivity index (χ1n) is 12.5. The summed E-state index contributed by atoms with van der Waals surface area (Å²) in [5.41, 5.74) is 0.169. The number of nitrogens with zero attached hydrogens (tertiary/aromatic N) is 2. The molecule has 1 atom stereocenters. The van der Waals surface area contributed by atoms with Gasteiger partial charge >= 0.3 is 5.97 Å². The Morgan fingerprint density at radius 2 is 1.78 bits per heavy atom. The lowest BCUT2D eigenvalue weighted by molar-refractivity contribution is -0.151. The average Bonchev–Trinajstić information content (AvgIpc) is 3.34. The van der Waals surface area contributed by atoms with Gasteiger partial charge in [-0.15, -0.1) is 0 Å². The number of aryl methyl sites for hydroxylation is 1. The van der Waals surface area contributed by atoms with E-state index in [1.165, 1.54) is 6.20 Å². The minimum absolute atomic E-state index is 0.0392. The predicted octanol–water partition coefficient (Wildman–Crippen LogP) is 2.31. The number of esters is 1. The van der Waals surface area contributed by atoms with E-state index in [9.17, 15) is 19.2 Å². The third-order valence-electron chi connectivity index (χ3n) is 6.81. The highest BCUT2D eigenvalue weighted by Gasteiger charge is 2.34. The normalized spacial score (nSPS) is 16.3. The van der Waals surface area contributed by atoms with E-state index >= 15 is 0 Å². The van der Waals surface area contributed by atoms with Gasteiger partial charge in [0.05, 0.1) is 23.4 Å². The smallest absolute Gasteiger partial charge is 0.309 e. The number of aromatic nitrogens is 1. The Morgan fingerprint density at radius 3 is 2.39 bits per heavy atom. The van der Waals surface area contributed by atoms with Crippen molar-refractivity contribution >= 4 is 28.7 Å². The molecule has 194 valence electrons. The molecule has 36 heavy (non-hydrogen) atoms. The first kappa shape index (κ1) is 25.5. The molecule has 0 radical (unpaired) electrons. The van der Waals surface area contributed by atoms with E-state index in [0.29, 0.717) is 61.5 Å². The topological polar surface area (TPSA) is 116 Å². The lowest BCUT2D eigenvalue weighted by Crippen LogP contribution is -2.53. The summed E-state index contributed by atoms with van der Waals surface area (Å²) in [6, 6.07) is 2.53. The van der Waals surface area contributed by atoms with Gasteiger partial charge in [-0.05, 0) is 38.7 Å². The summed E-state index contributed by atoms with van der Waals surface area (Å²) in [6.07, 6.45) is 2.56. The van der Waals surface area contributed by atoms with Crippen LogP contribution in [-0.4, -0.2) is 59.8 Å². The second kappa shape index (κ2) is 10.6. The molecule has 0 unspecified atom stereocenters. The van der Waals surface area contributed by atoms with Crippen LogP contribution >= 0.6 is 0 Å². The van der Waals surface area contributed by atoms with Crippen LogP contribution in [0, 0.1) is 11.8 Å². The van der Waals surface area contributed by atoms with Crippen molar-refractivity contribution in [3.63, 3.8) is 0 Å². The number of hydrogen-bond donors (Lipinski definition) is 1. The van der Waals surface area contributed by atoms with Crippen LogP contribution < -0.4 is 20.2 Å². The van der Waals surface area contributed by atoms with Gasteiger partial charge in [0.15, 0.2) is 11.5 Å². The summed E-state index contributed by atoms with van der Waals surface area (Å²) in [6.45, 7) is 9.13. The number of pyridine rings is 1. The van der Waals surface area contributed by atoms with Crippen LogP contribution in [0.15, 0.2) is 23.1 Å². The number of rotatable bonds is 7. The molecule has 0 aliphatic carbocycles. The quantitative estimate of drug-likeness (QED) is 0.581. The second-order valence-corrected chi connectivity index (χ2v) is 9.43. The molecule has 2 amide bonds. The number of amides is 2. The molecule has 2 aromatic rings. The van der Waals surface area contributed by atoms with Crippen molar-refractivity contribution in [2.45, 2.75) is 53.1 Å². The van der Waals surface area contributed by atoms with E-state index in [1.54, 1.807) is 28.5 Å². The van der Waals surface area contributed by atoms with Gasteiger partial charge in [-0.3, -0.25) is 19.2 Å². The third kappa shape index (κ3) is 4.89. The largest absolute Gasteiger partial charge is 0.466 e. The molecule has 1 saturated heterocycles. The zero-order valence-electron chi connectivity index (χ0n) is 21.2. The summed E-state index contributed by atoms with van der Waals surface area (Å²) in [7, 11) is 0. The monoisotopic (exact) mass is 499 g/mol. The molecule has 1 aromatic heterocycles. The van der Waals surface area contributed by atoms with E-state index in [2.05, 4.69) is 5.32 Å². The van der Waals surface area contributed by atoms with E-state index < -0.39 is 17.4 Å². The number of hydrogen-bond acceptors (Lipinski definition) is 7. The van der Waals surface area contributed by atoms with Crippen molar-refractivity contribution in [3.05, 3.63) is 34.1 Å². The number of nitrogens with one attached hydrogen (secondary N) is 1. The zero-order chi connectivity index (χ0) is 26.0. The number of carbonyl (C=O) groups is 3. The summed E-state index contributed by atoms with van der Waals surface area (Å²) in [5.74, 6) is -0.464. The number of benzene rings is 1. The number of fused-ring (bicyclic) bond motifs is 2. The molecule has 1 N–H and O–H groups in total. The Labute approximate surface area is 209 Å². The van der Waals surface area contributed by atoms with E-state index in [4.69, 9.17) is 14.2 Å². The number of ether oxygens (including phenoxy) is 3. The Balaban J connectivity index is 1.54. The Bertz CT molecular complexity index is 1230. The Hall–Kier alpha value is -3.56. The molecular weight excluding hydrogens is 466 g/mol. The molecule has 2 aliphatic rings. The van der Waals surface area contributed by atoms with Gasteiger partial charge in [-0.1, -0.05) is 13.8 Å². The standard InChI is InChI=1S/C26H33N3O7/c1-5-28-13-18(23(30)17-11-20-21(12-19(17)28)36-14-35-20)24(31)27-22(15(3)4)25(32)29-9-7-16(8-10-29)26(33)34-6-2/h11-13,15-16,22H,5-10,14H2,1-4H3,(H,27,31)/t22-/m1/s1. The minimum Gasteiger partial charge on any atom is -0.466 e. The van der Waals surface area contributed by atoms with Crippen molar-refractivity contribution in [1.29, 1.82) is 0 Å². The van der Waals surface area contributed by atoms with E-state index in [0.717, 1.165) is 0 Å². The maximum atomic E-state index is 13.3. The summed E-state index contributed by atoms with van der Waals surface area (Å²) < 4.78 is 17.8. The fourth-order valence-electron chi connectivity index (χ4n) is 4.73. The summed E-state index contributed by atoms with van der Waals surface area (Å²) in [5, 5.41) is 3.15. The first-order chi connectivity index (χ1) is 17.2. The van der Waals surface area contributed by atoms with Gasteiger partial charge in [0.1, 0.15) is 11.6 Å². The molecule has 2 aliphatic heterocycles. The zero-order valence-corrected chi connectivity index (χ0v) is 21.2. The Morgan fingerprint density at radius 1 is 1.11 bits per heavy atom. The minimum atomic E-state index is -0.807. The van der Waals surface area contributed by atoms with Gasteiger partial charge < -0.3 is 29.0 Å². The molecule has 0 saturated carbocycles. The number of piperidine rings is 1. The van der Waals surface area contributed by atoms with Gasteiger partial charge in [-0.25, -0.2) is 0 Å². The van der Waals surface area contributed by atoms with Crippen molar-refractivity contribution in [1.82, 2.24) is 14.8 Å². The lowest BCUT2D eigenvalue weighted by Gasteiger charge is -2.34. The van der Waals surface area contributed by atoms with Crippen LogP contribution in [0.5, 0.6) is 11.5 Å². The fourth-order valence-corrected chi connectivity index (χ4v) is 4.73.